The van der Waals surface area contributed by atoms with E-state index in [9.17, 15) is 4.79 Å². The van der Waals surface area contributed by atoms with Crippen LogP contribution in [0.2, 0.25) is 5.02 Å². The predicted molar refractivity (Wildman–Crippen MR) is 153 cm³/mol. The second-order valence-electron chi connectivity index (χ2n) is 9.46. The van der Waals surface area contributed by atoms with Crippen molar-refractivity contribution in [2.24, 2.45) is 5.92 Å². The Labute approximate surface area is 230 Å². The number of nitrogens with zero attached hydrogens (tertiary/aromatic N) is 4. The SMILES string of the molecule is CCC(=O)Nc1ccc(CN2CCCC(CNc3cc(-c4ccccc4Cl)nc4c(Br)cnn34)C2)cc1. The van der Waals surface area contributed by atoms with E-state index in [4.69, 9.17) is 16.6 Å². The fourth-order valence-corrected chi connectivity index (χ4v) is 5.36. The fourth-order valence-electron chi connectivity index (χ4n) is 4.78. The molecule has 1 saturated heterocycles. The number of amides is 1. The maximum Gasteiger partial charge on any atom is 0.224 e. The highest BCUT2D eigenvalue weighted by atomic mass is 79.9. The molecular weight excluding hydrogens is 552 g/mol. The third-order valence-electron chi connectivity index (χ3n) is 6.72. The average molecular weight is 582 g/mol. The summed E-state index contributed by atoms with van der Waals surface area (Å²) in [4.78, 5) is 18.9. The molecule has 37 heavy (non-hydrogen) atoms. The number of carbonyl (C=O) groups is 1. The lowest BCUT2D eigenvalue weighted by Gasteiger charge is -2.33. The minimum atomic E-state index is 0.0343. The van der Waals surface area contributed by atoms with Crippen LogP contribution in [0.5, 0.6) is 0 Å². The van der Waals surface area contributed by atoms with Crippen molar-refractivity contribution < 1.29 is 4.79 Å². The largest absolute Gasteiger partial charge is 0.370 e. The number of piperidine rings is 1. The van der Waals surface area contributed by atoms with E-state index in [-0.39, 0.29) is 5.91 Å². The standard InChI is InChI=1S/C28H30BrClN6O/c1-2-27(37)33-21-11-9-19(10-12-21)17-35-13-5-6-20(18-35)15-31-26-14-25(22-7-3-4-8-24(22)30)34-28-23(29)16-32-36(26)28/h3-4,7-12,14,16,20,31H,2,5-6,13,15,17-18H2,1H3,(H,33,37). The van der Waals surface area contributed by atoms with E-state index in [2.05, 4.69) is 48.7 Å². The van der Waals surface area contributed by atoms with Gasteiger partial charge in [-0.05, 0) is 65.0 Å². The van der Waals surface area contributed by atoms with Gasteiger partial charge in [-0.25, -0.2) is 4.98 Å². The van der Waals surface area contributed by atoms with Crippen LogP contribution in [0, 0.1) is 5.92 Å². The molecule has 1 fully saturated rings. The summed E-state index contributed by atoms with van der Waals surface area (Å²) >= 11 is 10.1. The van der Waals surface area contributed by atoms with Crippen LogP contribution < -0.4 is 10.6 Å². The average Bonchev–Trinajstić information content (AvgIpc) is 3.29. The number of hydrogen-bond donors (Lipinski definition) is 2. The first-order chi connectivity index (χ1) is 18.0. The van der Waals surface area contributed by atoms with E-state index in [0.717, 1.165) is 59.1 Å². The van der Waals surface area contributed by atoms with Crippen molar-refractivity contribution in [2.75, 3.05) is 30.3 Å². The van der Waals surface area contributed by atoms with Gasteiger partial charge < -0.3 is 10.6 Å². The van der Waals surface area contributed by atoms with Crippen LogP contribution in [0.3, 0.4) is 0 Å². The Balaban J connectivity index is 1.25. The van der Waals surface area contributed by atoms with Gasteiger partial charge in [0.25, 0.3) is 0 Å². The minimum absolute atomic E-state index is 0.0343. The normalized spacial score (nSPS) is 16.1. The van der Waals surface area contributed by atoms with E-state index in [1.54, 1.807) is 6.20 Å². The molecule has 9 heteroatoms. The summed E-state index contributed by atoms with van der Waals surface area (Å²) < 4.78 is 2.68. The van der Waals surface area contributed by atoms with Crippen LogP contribution in [0.25, 0.3) is 16.9 Å². The second kappa shape index (κ2) is 11.6. The summed E-state index contributed by atoms with van der Waals surface area (Å²) in [7, 11) is 0. The Morgan fingerprint density at radius 1 is 1.19 bits per heavy atom. The number of carbonyl (C=O) groups excluding carboxylic acids is 1. The molecule has 1 aliphatic rings. The Bertz CT molecular complexity index is 1390. The zero-order valence-electron chi connectivity index (χ0n) is 20.8. The first-order valence-corrected chi connectivity index (χ1v) is 13.8. The van der Waals surface area contributed by atoms with Crippen LogP contribution in [0.1, 0.15) is 31.7 Å². The third-order valence-corrected chi connectivity index (χ3v) is 7.61. The smallest absolute Gasteiger partial charge is 0.224 e. The Kier molecular flexibility index (Phi) is 8.08. The van der Waals surface area contributed by atoms with Gasteiger partial charge in [-0.15, -0.1) is 0 Å². The minimum Gasteiger partial charge on any atom is -0.370 e. The molecule has 1 unspecified atom stereocenters. The van der Waals surface area contributed by atoms with Crippen LogP contribution in [-0.4, -0.2) is 45.0 Å². The van der Waals surface area contributed by atoms with Gasteiger partial charge in [0.1, 0.15) is 5.82 Å². The number of rotatable bonds is 8. The monoisotopic (exact) mass is 580 g/mol. The maximum atomic E-state index is 11.6. The first kappa shape index (κ1) is 25.7. The quantitative estimate of drug-likeness (QED) is 0.249. The van der Waals surface area contributed by atoms with Gasteiger partial charge in [-0.2, -0.15) is 9.61 Å². The molecule has 0 aliphatic carbocycles. The first-order valence-electron chi connectivity index (χ1n) is 12.6. The Morgan fingerprint density at radius 3 is 2.78 bits per heavy atom. The Hall–Kier alpha value is -2.94. The lowest BCUT2D eigenvalue weighted by molar-refractivity contribution is -0.115. The van der Waals surface area contributed by atoms with Gasteiger partial charge in [-0.1, -0.05) is 48.9 Å². The summed E-state index contributed by atoms with van der Waals surface area (Å²) in [5.41, 5.74) is 4.56. The van der Waals surface area contributed by atoms with Crippen molar-refractivity contribution in [3.05, 3.63) is 75.9 Å². The van der Waals surface area contributed by atoms with Gasteiger partial charge in [0.2, 0.25) is 5.91 Å². The molecule has 2 aromatic carbocycles. The van der Waals surface area contributed by atoms with E-state index in [0.29, 0.717) is 17.4 Å². The third kappa shape index (κ3) is 6.14. The molecule has 1 amide bonds. The number of nitrogens with one attached hydrogen (secondary N) is 2. The number of fused-ring (bicyclic) bond motifs is 1. The van der Waals surface area contributed by atoms with Gasteiger partial charge in [0, 0.05) is 48.4 Å². The second-order valence-corrected chi connectivity index (χ2v) is 10.7. The van der Waals surface area contributed by atoms with Crippen LogP contribution in [0.4, 0.5) is 11.5 Å². The fraction of sp³-hybridized carbons (Fsp3) is 0.321. The summed E-state index contributed by atoms with van der Waals surface area (Å²) in [6, 6.07) is 18.0. The van der Waals surface area contributed by atoms with Crippen LogP contribution in [-0.2, 0) is 11.3 Å². The van der Waals surface area contributed by atoms with Crippen LogP contribution in [0.15, 0.2) is 65.3 Å². The molecule has 0 saturated carbocycles. The van der Waals surface area contributed by atoms with E-state index < -0.39 is 0 Å². The van der Waals surface area contributed by atoms with Gasteiger partial charge in [-0.3, -0.25) is 9.69 Å². The number of halogens is 2. The zero-order valence-corrected chi connectivity index (χ0v) is 23.1. The molecule has 4 aromatic rings. The summed E-state index contributed by atoms with van der Waals surface area (Å²) in [5.74, 6) is 1.45. The lowest BCUT2D eigenvalue weighted by atomic mass is 9.97. The highest BCUT2D eigenvalue weighted by molar-refractivity contribution is 9.10. The number of anilines is 2. The van der Waals surface area contributed by atoms with Gasteiger partial charge in [0.15, 0.2) is 5.65 Å². The van der Waals surface area contributed by atoms with Crippen molar-refractivity contribution in [1.82, 2.24) is 19.5 Å². The topological polar surface area (TPSA) is 74.6 Å². The van der Waals surface area contributed by atoms with E-state index in [1.165, 1.54) is 18.4 Å². The van der Waals surface area contributed by atoms with Crippen molar-refractivity contribution in [1.29, 1.82) is 0 Å². The number of aromatic nitrogens is 3. The molecule has 5 rings (SSSR count). The molecule has 7 nitrogen and oxygen atoms in total. The highest BCUT2D eigenvalue weighted by Crippen LogP contribution is 2.30. The van der Waals surface area contributed by atoms with Crippen molar-refractivity contribution in [3.63, 3.8) is 0 Å². The molecule has 0 bridgehead atoms. The van der Waals surface area contributed by atoms with Crippen molar-refractivity contribution >= 4 is 50.6 Å². The van der Waals surface area contributed by atoms with E-state index in [1.807, 2.05) is 53.9 Å². The maximum absolute atomic E-state index is 11.6. The van der Waals surface area contributed by atoms with Crippen molar-refractivity contribution in [2.45, 2.75) is 32.7 Å². The van der Waals surface area contributed by atoms with Crippen molar-refractivity contribution in [3.8, 4) is 11.3 Å². The lowest BCUT2D eigenvalue weighted by Crippen LogP contribution is -2.37. The highest BCUT2D eigenvalue weighted by Gasteiger charge is 2.21. The molecule has 0 radical (unpaired) electrons. The zero-order chi connectivity index (χ0) is 25.8. The molecule has 3 heterocycles. The molecular formula is C28H30BrClN6O. The summed E-state index contributed by atoms with van der Waals surface area (Å²) in [6.45, 7) is 5.72. The number of benzene rings is 2. The number of hydrogen-bond acceptors (Lipinski definition) is 5. The molecule has 1 atom stereocenters. The summed E-state index contributed by atoms with van der Waals surface area (Å²) in [6.07, 6.45) is 4.60. The molecule has 1 aliphatic heterocycles. The van der Waals surface area contributed by atoms with Gasteiger partial charge >= 0.3 is 0 Å². The molecule has 192 valence electrons. The molecule has 2 aromatic heterocycles. The number of likely N-dealkylation sites (tertiary alicyclic amines) is 1. The van der Waals surface area contributed by atoms with Crippen LogP contribution >= 0.6 is 27.5 Å². The predicted octanol–water partition coefficient (Wildman–Crippen LogP) is 6.48. The van der Waals surface area contributed by atoms with E-state index >= 15 is 0 Å². The molecule has 0 spiro atoms. The van der Waals surface area contributed by atoms with Gasteiger partial charge in [0.05, 0.1) is 16.4 Å². The Morgan fingerprint density at radius 2 is 2.00 bits per heavy atom. The summed E-state index contributed by atoms with van der Waals surface area (Å²) in [5, 5.41) is 11.7. The molecule has 2 N–H and O–H groups in total.